The smallest absolute Gasteiger partial charge is 0.411 e. The Morgan fingerprint density at radius 3 is 2.20 bits per heavy atom. The van der Waals surface area contributed by atoms with Crippen LogP contribution < -0.4 is 5.32 Å². The van der Waals surface area contributed by atoms with Gasteiger partial charge < -0.3 is 14.7 Å². The number of carboxylic acids is 1. The lowest BCUT2D eigenvalue weighted by Crippen LogP contribution is -2.50. The minimum atomic E-state index is -0.853. The van der Waals surface area contributed by atoms with Crippen molar-refractivity contribution in [2.45, 2.75) is 12.3 Å². The number of halogens is 1. The molecule has 5 rings (SSSR count). The highest BCUT2D eigenvalue weighted by atomic mass is 79.9. The molecule has 1 aliphatic heterocycles. The van der Waals surface area contributed by atoms with Crippen LogP contribution in [0, 0.1) is 5.92 Å². The van der Waals surface area contributed by atoms with Gasteiger partial charge in [-0.2, -0.15) is 0 Å². The van der Waals surface area contributed by atoms with E-state index in [-0.39, 0.29) is 30.8 Å². The summed E-state index contributed by atoms with van der Waals surface area (Å²) in [5.41, 5.74) is 5.56. The summed E-state index contributed by atoms with van der Waals surface area (Å²) in [5, 5.41) is 11.6. The molecule has 1 heterocycles. The summed E-state index contributed by atoms with van der Waals surface area (Å²) in [7, 11) is 0. The monoisotopic (exact) mass is 534 g/mol. The van der Waals surface area contributed by atoms with Crippen LogP contribution in [-0.4, -0.2) is 47.7 Å². The van der Waals surface area contributed by atoms with Crippen molar-refractivity contribution in [1.29, 1.82) is 0 Å². The Balaban J connectivity index is 1.20. The zero-order valence-corrected chi connectivity index (χ0v) is 20.3. The molecule has 178 valence electrons. The molecule has 0 aromatic heterocycles. The Morgan fingerprint density at radius 1 is 0.971 bits per heavy atom. The number of carboxylic acid groups (broad SMARTS) is 1. The lowest BCUT2D eigenvalue weighted by molar-refractivity contribution is -0.139. The molecule has 3 aromatic rings. The van der Waals surface area contributed by atoms with E-state index in [4.69, 9.17) is 9.84 Å². The van der Waals surface area contributed by atoms with E-state index in [2.05, 4.69) is 45.5 Å². The first kappa shape index (κ1) is 23.1. The van der Waals surface area contributed by atoms with Crippen molar-refractivity contribution in [1.82, 2.24) is 4.90 Å². The van der Waals surface area contributed by atoms with Crippen LogP contribution in [-0.2, 0) is 9.53 Å². The average molecular weight is 535 g/mol. The van der Waals surface area contributed by atoms with E-state index in [1.165, 1.54) is 0 Å². The number of ether oxygens (including phenoxy) is 1. The van der Waals surface area contributed by atoms with Gasteiger partial charge in [-0.25, -0.2) is 4.79 Å². The summed E-state index contributed by atoms with van der Waals surface area (Å²) in [6.07, 6.45) is -0.512. The Morgan fingerprint density at radius 2 is 1.60 bits per heavy atom. The number of anilines is 1. The van der Waals surface area contributed by atoms with Crippen molar-refractivity contribution in [2.75, 3.05) is 25.0 Å². The van der Waals surface area contributed by atoms with Gasteiger partial charge in [-0.05, 0) is 56.4 Å². The zero-order valence-electron chi connectivity index (χ0n) is 18.7. The molecule has 8 heteroatoms. The molecular formula is C27H23BrN2O5. The number of rotatable bonds is 6. The number of nitrogens with one attached hydrogen (secondary N) is 1. The van der Waals surface area contributed by atoms with Crippen molar-refractivity contribution in [3.05, 3.63) is 87.9 Å². The fraction of sp³-hybridized carbons (Fsp3) is 0.222. The number of carbonyl (C=O) groups is 3. The maximum absolute atomic E-state index is 12.6. The van der Waals surface area contributed by atoms with Crippen molar-refractivity contribution in [2.24, 2.45) is 5.92 Å². The number of amides is 2. The van der Waals surface area contributed by atoms with Crippen LogP contribution in [0.1, 0.15) is 33.8 Å². The van der Waals surface area contributed by atoms with Crippen LogP contribution in [0.4, 0.5) is 10.5 Å². The lowest BCUT2D eigenvalue weighted by atomic mass is 9.95. The number of nitrogens with zero attached hydrogens (tertiary/aromatic N) is 1. The normalized spacial score (nSPS) is 14.6. The molecule has 0 radical (unpaired) electrons. The van der Waals surface area contributed by atoms with E-state index >= 15 is 0 Å². The van der Waals surface area contributed by atoms with Crippen LogP contribution in [0.3, 0.4) is 0 Å². The minimum absolute atomic E-state index is 0.00519. The SMILES string of the molecule is O=C(O)CC1CN(C(=O)c2ccc(NC(=O)OCC3c4ccccc4-c4ccccc43)c(Br)c2)C1. The second-order valence-corrected chi connectivity index (χ2v) is 9.67. The first-order chi connectivity index (χ1) is 16.9. The molecule has 0 atom stereocenters. The highest BCUT2D eigenvalue weighted by molar-refractivity contribution is 9.10. The van der Waals surface area contributed by atoms with Gasteiger partial charge in [0, 0.05) is 35.0 Å². The molecule has 1 fully saturated rings. The Hall–Kier alpha value is -3.65. The third kappa shape index (κ3) is 4.66. The van der Waals surface area contributed by atoms with Crippen molar-refractivity contribution < 1.29 is 24.2 Å². The number of hydrogen-bond donors (Lipinski definition) is 2. The van der Waals surface area contributed by atoms with E-state index in [9.17, 15) is 14.4 Å². The fourth-order valence-electron chi connectivity index (χ4n) is 4.79. The molecule has 0 saturated carbocycles. The molecule has 3 aromatic carbocycles. The standard InChI is InChI=1S/C27H23BrN2O5/c28-23-12-17(26(33)30-13-16(14-30)11-25(31)32)9-10-24(23)29-27(34)35-15-22-20-7-3-1-5-18(20)19-6-2-4-8-21(19)22/h1-10,12,16,22H,11,13-15H2,(H,29,34)(H,31,32). The van der Waals surface area contributed by atoms with Gasteiger partial charge >= 0.3 is 12.1 Å². The summed E-state index contributed by atoms with van der Waals surface area (Å²) >= 11 is 3.42. The predicted molar refractivity (Wildman–Crippen MR) is 134 cm³/mol. The van der Waals surface area contributed by atoms with Gasteiger partial charge in [0.05, 0.1) is 12.1 Å². The molecular weight excluding hydrogens is 512 g/mol. The molecule has 35 heavy (non-hydrogen) atoms. The van der Waals surface area contributed by atoms with Crippen molar-refractivity contribution in [3.8, 4) is 11.1 Å². The minimum Gasteiger partial charge on any atom is -0.481 e. The van der Waals surface area contributed by atoms with E-state index in [1.807, 2.05) is 24.3 Å². The summed E-state index contributed by atoms with van der Waals surface area (Å²) in [6, 6.07) is 21.2. The first-order valence-electron chi connectivity index (χ1n) is 11.3. The van der Waals surface area contributed by atoms with Gasteiger partial charge in [0.1, 0.15) is 6.61 Å². The van der Waals surface area contributed by atoms with E-state index in [0.717, 1.165) is 22.3 Å². The fourth-order valence-corrected chi connectivity index (χ4v) is 5.27. The molecule has 7 nitrogen and oxygen atoms in total. The van der Waals surface area contributed by atoms with Gasteiger partial charge in [-0.15, -0.1) is 0 Å². The number of aliphatic carboxylic acids is 1. The number of likely N-dealkylation sites (tertiary alicyclic amines) is 1. The topological polar surface area (TPSA) is 95.9 Å². The quantitative estimate of drug-likeness (QED) is 0.444. The van der Waals surface area contributed by atoms with Gasteiger partial charge in [-0.3, -0.25) is 14.9 Å². The predicted octanol–water partition coefficient (Wildman–Crippen LogP) is 5.36. The van der Waals surface area contributed by atoms with Crippen molar-refractivity contribution >= 4 is 39.6 Å². The van der Waals surface area contributed by atoms with E-state index in [0.29, 0.717) is 28.8 Å². The van der Waals surface area contributed by atoms with Gasteiger partial charge in [0.2, 0.25) is 0 Å². The Bertz CT molecular complexity index is 1270. The highest BCUT2D eigenvalue weighted by Gasteiger charge is 2.33. The average Bonchev–Trinajstić information content (AvgIpc) is 3.14. The van der Waals surface area contributed by atoms with Crippen LogP contribution in [0.15, 0.2) is 71.2 Å². The number of carbonyl (C=O) groups excluding carboxylic acids is 2. The maximum atomic E-state index is 12.6. The number of fused-ring (bicyclic) bond motifs is 3. The Labute approximate surface area is 210 Å². The van der Waals surface area contributed by atoms with Crippen LogP contribution >= 0.6 is 15.9 Å². The Kier molecular flexibility index (Phi) is 6.30. The van der Waals surface area contributed by atoms with Crippen LogP contribution in [0.5, 0.6) is 0 Å². The van der Waals surface area contributed by atoms with Crippen molar-refractivity contribution in [3.63, 3.8) is 0 Å². The summed E-state index contributed by atoms with van der Waals surface area (Å²) in [4.78, 5) is 37.6. The summed E-state index contributed by atoms with van der Waals surface area (Å²) in [5.74, 6) is -1.05. The summed E-state index contributed by atoms with van der Waals surface area (Å²) in [6.45, 7) is 1.07. The molecule has 2 aliphatic rings. The van der Waals surface area contributed by atoms with Crippen LogP contribution in [0.2, 0.25) is 0 Å². The third-order valence-electron chi connectivity index (χ3n) is 6.50. The van der Waals surface area contributed by atoms with Crippen LogP contribution in [0.25, 0.3) is 11.1 Å². The first-order valence-corrected chi connectivity index (χ1v) is 12.1. The molecule has 1 aliphatic carbocycles. The number of hydrogen-bond acceptors (Lipinski definition) is 4. The zero-order chi connectivity index (χ0) is 24.5. The summed E-state index contributed by atoms with van der Waals surface area (Å²) < 4.78 is 6.15. The molecule has 2 N–H and O–H groups in total. The maximum Gasteiger partial charge on any atom is 0.411 e. The van der Waals surface area contributed by atoms with E-state index < -0.39 is 12.1 Å². The molecule has 2 amide bonds. The lowest BCUT2D eigenvalue weighted by Gasteiger charge is -2.38. The van der Waals surface area contributed by atoms with E-state index in [1.54, 1.807) is 23.1 Å². The molecule has 1 saturated heterocycles. The largest absolute Gasteiger partial charge is 0.481 e. The van der Waals surface area contributed by atoms with Gasteiger partial charge in [-0.1, -0.05) is 48.5 Å². The second-order valence-electron chi connectivity index (χ2n) is 8.82. The molecule has 0 bridgehead atoms. The third-order valence-corrected chi connectivity index (χ3v) is 7.16. The molecule has 0 unspecified atom stereocenters. The van der Waals surface area contributed by atoms with Gasteiger partial charge in [0.25, 0.3) is 5.91 Å². The number of benzene rings is 3. The second kappa shape index (κ2) is 9.54. The molecule has 0 spiro atoms. The van der Waals surface area contributed by atoms with Gasteiger partial charge in [0.15, 0.2) is 0 Å². The highest BCUT2D eigenvalue weighted by Crippen LogP contribution is 2.44.